The highest BCUT2D eigenvalue weighted by atomic mass is 19.2. The van der Waals surface area contributed by atoms with Crippen LogP contribution in [0.5, 0.6) is 0 Å². The second kappa shape index (κ2) is 9.70. The molecule has 0 fully saturated rings. The number of hydrogen-bond donors (Lipinski definition) is 2. The fourth-order valence-corrected chi connectivity index (χ4v) is 1.88. The van der Waals surface area contributed by atoms with Crippen LogP contribution >= 0.6 is 0 Å². The zero-order valence-electron chi connectivity index (χ0n) is 12.9. The summed E-state index contributed by atoms with van der Waals surface area (Å²) in [5, 5.41) is 11.6. The number of carbonyl (C=O) groups excluding carboxylic acids is 1. The smallest absolute Gasteiger partial charge is 0.303 e. The van der Waals surface area contributed by atoms with E-state index in [9.17, 15) is 31.5 Å². The molecule has 1 rings (SSSR count). The van der Waals surface area contributed by atoms with Crippen molar-refractivity contribution in [2.24, 2.45) is 5.10 Å². The first-order chi connectivity index (χ1) is 11.8. The van der Waals surface area contributed by atoms with E-state index in [2.05, 4.69) is 5.10 Å². The highest BCUT2D eigenvalue weighted by Crippen LogP contribution is 2.21. The molecule has 25 heavy (non-hydrogen) atoms. The molecule has 0 aliphatic heterocycles. The van der Waals surface area contributed by atoms with Crippen LogP contribution in [0.4, 0.5) is 22.0 Å². The summed E-state index contributed by atoms with van der Waals surface area (Å²) < 4.78 is 65.4. The third kappa shape index (κ3) is 6.12. The maximum absolute atomic E-state index is 13.3. The Balaban J connectivity index is 2.48. The summed E-state index contributed by atoms with van der Waals surface area (Å²) in [4.78, 5) is 21.7. The molecule has 10 heteroatoms. The first kappa shape index (κ1) is 20.5. The predicted molar refractivity (Wildman–Crippen MR) is 77.3 cm³/mol. The quantitative estimate of drug-likeness (QED) is 0.176. The van der Waals surface area contributed by atoms with Crippen LogP contribution in [0.2, 0.25) is 0 Å². The second-order valence-electron chi connectivity index (χ2n) is 5.08. The summed E-state index contributed by atoms with van der Waals surface area (Å²) in [5.74, 6) is -12.1. The van der Waals surface area contributed by atoms with E-state index in [0.29, 0.717) is 31.9 Å². The fraction of sp³-hybridized carbons (Fsp3) is 0.400. The van der Waals surface area contributed by atoms with E-state index >= 15 is 0 Å². The molecule has 1 aromatic carbocycles. The maximum Gasteiger partial charge on any atom is 0.303 e. The van der Waals surface area contributed by atoms with Crippen LogP contribution in [0.3, 0.4) is 0 Å². The molecule has 0 aliphatic carbocycles. The first-order valence-electron chi connectivity index (χ1n) is 7.30. The molecule has 0 bridgehead atoms. The van der Waals surface area contributed by atoms with Crippen molar-refractivity contribution in [3.63, 3.8) is 0 Å². The molecule has 0 aromatic heterocycles. The van der Waals surface area contributed by atoms with Crippen molar-refractivity contribution in [1.29, 1.82) is 0 Å². The molecule has 0 unspecified atom stereocenters. The van der Waals surface area contributed by atoms with Gasteiger partial charge in [0.15, 0.2) is 23.3 Å². The van der Waals surface area contributed by atoms with Gasteiger partial charge < -0.3 is 5.11 Å². The van der Waals surface area contributed by atoms with E-state index in [4.69, 9.17) is 5.11 Å². The molecule has 2 N–H and O–H groups in total. The summed E-state index contributed by atoms with van der Waals surface area (Å²) in [7, 11) is 0. The number of nitrogens with one attached hydrogen (secondary N) is 1. The Bertz CT molecular complexity index is 651. The fourth-order valence-electron chi connectivity index (χ4n) is 1.88. The minimum absolute atomic E-state index is 0.0154. The number of hydrogen-bond acceptors (Lipinski definition) is 3. The molecule has 0 spiro atoms. The molecule has 1 amide bonds. The SMILES string of the molecule is O=C(O)CCCCCCC(=O)N/N=C/c1c(F)c(F)c(F)c(F)c1F. The Morgan fingerprint density at radius 1 is 0.840 bits per heavy atom. The molecule has 0 saturated heterocycles. The number of unbranched alkanes of at least 4 members (excludes halogenated alkanes) is 3. The lowest BCUT2D eigenvalue weighted by atomic mass is 10.1. The second-order valence-corrected chi connectivity index (χ2v) is 5.08. The molecule has 0 aliphatic rings. The van der Waals surface area contributed by atoms with E-state index in [1.165, 1.54) is 0 Å². The summed E-state index contributed by atoms with van der Waals surface area (Å²) in [6, 6.07) is 0. The van der Waals surface area contributed by atoms with E-state index in [-0.39, 0.29) is 12.8 Å². The number of hydrazone groups is 1. The first-order valence-corrected chi connectivity index (χ1v) is 7.30. The topological polar surface area (TPSA) is 78.8 Å². The number of aliphatic carboxylic acids is 1. The van der Waals surface area contributed by atoms with Gasteiger partial charge in [-0.3, -0.25) is 9.59 Å². The van der Waals surface area contributed by atoms with E-state index < -0.39 is 46.5 Å². The van der Waals surface area contributed by atoms with Crippen LogP contribution in [0, 0.1) is 29.1 Å². The maximum atomic E-state index is 13.3. The molecular formula is C15H15F5N2O3. The zero-order valence-corrected chi connectivity index (χ0v) is 12.9. The molecule has 0 saturated carbocycles. The summed E-state index contributed by atoms with van der Waals surface area (Å²) >= 11 is 0. The number of carboxylic acid groups (broad SMARTS) is 1. The third-order valence-corrected chi connectivity index (χ3v) is 3.17. The van der Waals surface area contributed by atoms with Crippen molar-refractivity contribution in [2.45, 2.75) is 38.5 Å². The lowest BCUT2D eigenvalue weighted by Crippen LogP contribution is -2.17. The third-order valence-electron chi connectivity index (χ3n) is 3.17. The van der Waals surface area contributed by atoms with Crippen LogP contribution in [-0.4, -0.2) is 23.2 Å². The average molecular weight is 366 g/mol. The van der Waals surface area contributed by atoms with Gasteiger partial charge in [0.05, 0.1) is 11.8 Å². The summed E-state index contributed by atoms with van der Waals surface area (Å²) in [6.45, 7) is 0. The highest BCUT2D eigenvalue weighted by molar-refractivity contribution is 5.83. The van der Waals surface area contributed by atoms with Crippen molar-refractivity contribution in [3.8, 4) is 0 Å². The summed E-state index contributed by atoms with van der Waals surface area (Å²) in [5.41, 5.74) is 0.654. The Morgan fingerprint density at radius 2 is 1.32 bits per heavy atom. The number of carboxylic acids is 1. The molecular weight excluding hydrogens is 351 g/mol. The minimum Gasteiger partial charge on any atom is -0.481 e. The molecule has 0 atom stereocenters. The number of rotatable bonds is 9. The van der Waals surface area contributed by atoms with Crippen LogP contribution in [0.1, 0.15) is 44.1 Å². The van der Waals surface area contributed by atoms with Gasteiger partial charge in [-0.15, -0.1) is 0 Å². The van der Waals surface area contributed by atoms with Gasteiger partial charge in [-0.2, -0.15) is 5.10 Å². The number of amides is 1. The van der Waals surface area contributed by atoms with Gasteiger partial charge >= 0.3 is 5.97 Å². The number of carbonyl (C=O) groups is 2. The van der Waals surface area contributed by atoms with Gasteiger partial charge in [0.25, 0.3) is 0 Å². The predicted octanol–water partition coefficient (Wildman–Crippen LogP) is 3.26. The zero-order chi connectivity index (χ0) is 19.0. The van der Waals surface area contributed by atoms with Crippen molar-refractivity contribution in [1.82, 2.24) is 5.43 Å². The average Bonchev–Trinajstić information content (AvgIpc) is 2.57. The Hall–Kier alpha value is -2.52. The van der Waals surface area contributed by atoms with Crippen molar-refractivity contribution < 1.29 is 36.6 Å². The monoisotopic (exact) mass is 366 g/mol. The van der Waals surface area contributed by atoms with Crippen LogP contribution < -0.4 is 5.43 Å². The molecule has 1 aromatic rings. The minimum atomic E-state index is -2.28. The summed E-state index contributed by atoms with van der Waals surface area (Å²) in [6.07, 6.45) is 2.52. The largest absolute Gasteiger partial charge is 0.481 e. The molecule has 138 valence electrons. The highest BCUT2D eigenvalue weighted by Gasteiger charge is 2.24. The van der Waals surface area contributed by atoms with Crippen LogP contribution in [-0.2, 0) is 9.59 Å². The van der Waals surface area contributed by atoms with Crippen LogP contribution in [0.25, 0.3) is 0 Å². The normalized spacial score (nSPS) is 11.1. The Labute approximate surface area is 139 Å². The molecule has 5 nitrogen and oxygen atoms in total. The molecule has 0 heterocycles. The number of benzene rings is 1. The lowest BCUT2D eigenvalue weighted by molar-refractivity contribution is -0.137. The van der Waals surface area contributed by atoms with Gasteiger partial charge in [-0.25, -0.2) is 27.4 Å². The van der Waals surface area contributed by atoms with E-state index in [0.717, 1.165) is 0 Å². The van der Waals surface area contributed by atoms with Crippen molar-refractivity contribution >= 4 is 18.1 Å². The van der Waals surface area contributed by atoms with Crippen molar-refractivity contribution in [3.05, 3.63) is 34.6 Å². The lowest BCUT2D eigenvalue weighted by Gasteiger charge is -2.04. The Morgan fingerprint density at radius 3 is 1.84 bits per heavy atom. The molecule has 0 radical (unpaired) electrons. The van der Waals surface area contributed by atoms with Gasteiger partial charge in [0, 0.05) is 12.8 Å². The van der Waals surface area contributed by atoms with Gasteiger partial charge in [0.2, 0.25) is 11.7 Å². The van der Waals surface area contributed by atoms with E-state index in [1.54, 1.807) is 0 Å². The van der Waals surface area contributed by atoms with Crippen molar-refractivity contribution in [2.75, 3.05) is 0 Å². The van der Waals surface area contributed by atoms with E-state index in [1.807, 2.05) is 5.43 Å². The number of halogens is 5. The van der Waals surface area contributed by atoms with Gasteiger partial charge in [-0.1, -0.05) is 12.8 Å². The van der Waals surface area contributed by atoms with Gasteiger partial charge in [0.1, 0.15) is 0 Å². The van der Waals surface area contributed by atoms with Crippen LogP contribution in [0.15, 0.2) is 5.10 Å². The van der Waals surface area contributed by atoms with Gasteiger partial charge in [-0.05, 0) is 12.8 Å². The Kier molecular flexibility index (Phi) is 7.96. The number of nitrogens with zero attached hydrogens (tertiary/aromatic N) is 1. The standard InChI is InChI=1S/C15H15F5N2O3/c16-11-8(12(17)14(19)15(20)13(11)18)7-21-22-9(23)5-3-1-2-4-6-10(24)25/h7H,1-6H2,(H,22,23)(H,24,25)/b21-7+.